The molecule has 0 fully saturated rings. The first-order valence-electron chi connectivity index (χ1n) is 11.4. The maximum atomic E-state index is 10.9. The summed E-state index contributed by atoms with van der Waals surface area (Å²) in [6.07, 6.45) is 2.02. The number of carboxylic acids is 1. The zero-order chi connectivity index (χ0) is 25.0. The molecule has 35 heavy (non-hydrogen) atoms. The Morgan fingerprint density at radius 2 is 1.71 bits per heavy atom. The molecule has 2 N–H and O–H groups in total. The van der Waals surface area contributed by atoms with Gasteiger partial charge in [0.15, 0.2) is 0 Å². The summed E-state index contributed by atoms with van der Waals surface area (Å²) in [6, 6.07) is 22.8. The molecule has 0 aliphatic carbocycles. The third-order valence-electron chi connectivity index (χ3n) is 4.95. The second kappa shape index (κ2) is 13.1. The van der Waals surface area contributed by atoms with Crippen LogP contribution in [0.3, 0.4) is 0 Å². The first-order chi connectivity index (χ1) is 16.9. The maximum absolute atomic E-state index is 10.9. The zero-order valence-electron chi connectivity index (χ0n) is 20.2. The molecule has 3 aromatic carbocycles. The van der Waals surface area contributed by atoms with Gasteiger partial charge in [-0.2, -0.15) is 0 Å². The van der Waals surface area contributed by atoms with E-state index < -0.39 is 5.97 Å². The van der Waals surface area contributed by atoms with E-state index in [1.165, 1.54) is 0 Å². The molecule has 0 aliphatic rings. The second-order valence-corrected chi connectivity index (χ2v) is 8.08. The molecule has 0 aromatic heterocycles. The summed E-state index contributed by atoms with van der Waals surface area (Å²) in [5.41, 5.74) is 6.29. The molecule has 7 nitrogen and oxygen atoms in total. The van der Waals surface area contributed by atoms with Crippen LogP contribution in [0.5, 0.6) is 17.2 Å². The first kappa shape index (κ1) is 25.6. The molecule has 0 saturated heterocycles. The summed E-state index contributed by atoms with van der Waals surface area (Å²) in [5.74, 6) is 1.14. The number of aliphatic carboxylic acids is 1. The van der Waals surface area contributed by atoms with Gasteiger partial charge in [-0.05, 0) is 49.6 Å². The number of aryl methyl sites for hydroxylation is 1. The van der Waals surface area contributed by atoms with E-state index in [1.54, 1.807) is 13.4 Å². The van der Waals surface area contributed by atoms with Crippen molar-refractivity contribution in [1.82, 2.24) is 5.48 Å². The number of nitrogens with one attached hydrogen (secondary N) is 1. The lowest BCUT2D eigenvalue weighted by Crippen LogP contribution is -2.11. The van der Waals surface area contributed by atoms with E-state index in [0.717, 1.165) is 16.7 Å². The molecule has 3 aromatic rings. The number of benzene rings is 3. The lowest BCUT2D eigenvalue weighted by Gasteiger charge is -2.16. The van der Waals surface area contributed by atoms with Crippen LogP contribution in [-0.2, 0) is 22.7 Å². The molecule has 0 bridgehead atoms. The highest BCUT2D eigenvalue weighted by molar-refractivity contribution is 5.67. The molecule has 0 amide bonds. The lowest BCUT2D eigenvalue weighted by atomic mass is 10.1. The molecule has 0 aliphatic heterocycles. The fourth-order valence-corrected chi connectivity index (χ4v) is 3.27. The Kier molecular flexibility index (Phi) is 9.57. The van der Waals surface area contributed by atoms with Crippen molar-refractivity contribution in [3.05, 3.63) is 95.7 Å². The van der Waals surface area contributed by atoms with Gasteiger partial charge in [0.25, 0.3) is 0 Å². The van der Waals surface area contributed by atoms with Crippen molar-refractivity contribution in [1.29, 1.82) is 0 Å². The molecular weight excluding hydrogens is 446 g/mol. The Labute approximate surface area is 205 Å². The van der Waals surface area contributed by atoms with Crippen molar-refractivity contribution in [2.75, 3.05) is 7.11 Å². The third kappa shape index (κ3) is 8.39. The van der Waals surface area contributed by atoms with Crippen LogP contribution in [0.4, 0.5) is 0 Å². The smallest absolute Gasteiger partial charge is 0.303 e. The monoisotopic (exact) mass is 477 g/mol. The van der Waals surface area contributed by atoms with E-state index in [2.05, 4.69) is 5.48 Å². The minimum absolute atomic E-state index is 0.0306. The number of ether oxygens (including phenoxy) is 3. The van der Waals surface area contributed by atoms with Gasteiger partial charge in [-0.15, -0.1) is 0 Å². The van der Waals surface area contributed by atoms with Crippen LogP contribution in [0.2, 0.25) is 0 Å². The second-order valence-electron chi connectivity index (χ2n) is 8.08. The molecule has 0 heterocycles. The minimum Gasteiger partial charge on any atom is -0.491 e. The Morgan fingerprint density at radius 1 is 1.00 bits per heavy atom. The Bertz CT molecular complexity index is 1110. The van der Waals surface area contributed by atoms with Gasteiger partial charge in [0, 0.05) is 18.1 Å². The number of hydroxylamine groups is 1. The number of rotatable bonds is 13. The standard InChI is InChI=1S/C28H31NO6/c1-20(2)35-27-17-25(15-11-23(27)12-16-28(30)31)33-18-21-9-13-24(14-10-21)34-19-26(29-32-3)22-7-5-4-6-8-22/h4-11,13-15,17,19-20,29H,12,16,18H2,1-3H3,(H,30,31). The first-order valence-corrected chi connectivity index (χ1v) is 11.4. The normalized spacial score (nSPS) is 11.3. The minimum atomic E-state index is -0.838. The van der Waals surface area contributed by atoms with E-state index in [0.29, 0.717) is 36.0 Å². The summed E-state index contributed by atoms with van der Waals surface area (Å²) >= 11 is 0. The fraction of sp³-hybridized carbons (Fsp3) is 0.250. The molecule has 7 heteroatoms. The third-order valence-corrected chi connectivity index (χ3v) is 4.95. The van der Waals surface area contributed by atoms with Crippen molar-refractivity contribution < 1.29 is 28.9 Å². The van der Waals surface area contributed by atoms with E-state index in [9.17, 15) is 4.79 Å². The molecule has 0 unspecified atom stereocenters. The van der Waals surface area contributed by atoms with Crippen molar-refractivity contribution in [2.24, 2.45) is 0 Å². The molecule has 3 rings (SSSR count). The van der Waals surface area contributed by atoms with E-state index >= 15 is 0 Å². The van der Waals surface area contributed by atoms with Crippen LogP contribution in [0.1, 0.15) is 37.0 Å². The number of hydrogen-bond donors (Lipinski definition) is 2. The van der Waals surface area contributed by atoms with Crippen molar-refractivity contribution in [3.63, 3.8) is 0 Å². The van der Waals surface area contributed by atoms with Crippen LogP contribution in [0.15, 0.2) is 79.1 Å². The zero-order valence-corrected chi connectivity index (χ0v) is 20.2. The summed E-state index contributed by atoms with van der Waals surface area (Å²) in [5, 5.41) is 8.98. The van der Waals surface area contributed by atoms with Crippen LogP contribution >= 0.6 is 0 Å². The van der Waals surface area contributed by atoms with Crippen LogP contribution < -0.4 is 19.7 Å². The average molecular weight is 478 g/mol. The van der Waals surface area contributed by atoms with Crippen LogP contribution in [-0.4, -0.2) is 24.3 Å². The van der Waals surface area contributed by atoms with E-state index in [4.69, 9.17) is 24.2 Å². The van der Waals surface area contributed by atoms with Crippen LogP contribution in [0, 0.1) is 0 Å². The Hall–Kier alpha value is -3.97. The molecule has 0 radical (unpaired) electrons. The lowest BCUT2D eigenvalue weighted by molar-refractivity contribution is -0.136. The molecule has 0 spiro atoms. The summed E-state index contributed by atoms with van der Waals surface area (Å²) in [7, 11) is 1.55. The number of carbonyl (C=O) groups is 1. The molecular formula is C28H31NO6. The van der Waals surface area contributed by atoms with Gasteiger partial charge < -0.3 is 19.3 Å². The van der Waals surface area contributed by atoms with Crippen molar-refractivity contribution in [3.8, 4) is 17.2 Å². The van der Waals surface area contributed by atoms with Gasteiger partial charge in [-0.25, -0.2) is 0 Å². The largest absolute Gasteiger partial charge is 0.491 e. The maximum Gasteiger partial charge on any atom is 0.303 e. The SMILES string of the molecule is CONC(=COc1ccc(COc2ccc(CCC(=O)O)c(OC(C)C)c2)cc1)c1ccccc1. The van der Waals surface area contributed by atoms with Crippen LogP contribution in [0.25, 0.3) is 5.70 Å². The van der Waals surface area contributed by atoms with Crippen molar-refractivity contribution >= 4 is 11.7 Å². The summed E-state index contributed by atoms with van der Waals surface area (Å²) in [4.78, 5) is 16.0. The van der Waals surface area contributed by atoms with Gasteiger partial charge >= 0.3 is 5.97 Å². The quantitative estimate of drug-likeness (QED) is 0.245. The van der Waals surface area contributed by atoms with Gasteiger partial charge in [-0.1, -0.05) is 48.5 Å². The van der Waals surface area contributed by atoms with E-state index in [1.807, 2.05) is 86.6 Å². The van der Waals surface area contributed by atoms with Gasteiger partial charge in [0.1, 0.15) is 35.8 Å². The highest BCUT2D eigenvalue weighted by Crippen LogP contribution is 2.28. The Morgan fingerprint density at radius 3 is 2.37 bits per heavy atom. The summed E-state index contributed by atoms with van der Waals surface area (Å²) < 4.78 is 17.6. The number of carboxylic acid groups (broad SMARTS) is 1. The number of hydrogen-bond acceptors (Lipinski definition) is 6. The predicted molar refractivity (Wildman–Crippen MR) is 134 cm³/mol. The topological polar surface area (TPSA) is 86.2 Å². The molecule has 184 valence electrons. The summed E-state index contributed by atoms with van der Waals surface area (Å²) in [6.45, 7) is 4.23. The predicted octanol–water partition coefficient (Wildman–Crippen LogP) is 5.60. The van der Waals surface area contributed by atoms with Gasteiger partial charge in [-0.3, -0.25) is 15.1 Å². The van der Waals surface area contributed by atoms with Gasteiger partial charge in [0.2, 0.25) is 0 Å². The highest BCUT2D eigenvalue weighted by Gasteiger charge is 2.10. The van der Waals surface area contributed by atoms with Gasteiger partial charge in [0.05, 0.1) is 13.2 Å². The Balaban J connectivity index is 1.62. The van der Waals surface area contributed by atoms with Crippen molar-refractivity contribution in [2.45, 2.75) is 39.4 Å². The average Bonchev–Trinajstić information content (AvgIpc) is 2.85. The fourth-order valence-electron chi connectivity index (χ4n) is 3.27. The molecule has 0 saturated carbocycles. The molecule has 0 atom stereocenters. The highest BCUT2D eigenvalue weighted by atomic mass is 16.6. The van der Waals surface area contributed by atoms with E-state index in [-0.39, 0.29) is 12.5 Å².